The van der Waals surface area contributed by atoms with Gasteiger partial charge in [-0.1, -0.05) is 50.7 Å². The molecule has 0 radical (unpaired) electrons. The van der Waals surface area contributed by atoms with Crippen molar-refractivity contribution >= 4 is 21.8 Å². The van der Waals surface area contributed by atoms with Gasteiger partial charge in [-0.05, 0) is 72.9 Å². The van der Waals surface area contributed by atoms with Crippen molar-refractivity contribution in [2.75, 3.05) is 0 Å². The second-order valence-electron chi connectivity index (χ2n) is 8.40. The standard InChI is InChI=1S/C24H29N/c1-3-7-17(8-4-1)19-11-13-23-21(15-19)22-16-20(12-14-24(22)25-23)18-9-5-2-6-10-18/h11-18,25H,1-10H2. The van der Waals surface area contributed by atoms with E-state index in [0.717, 1.165) is 11.8 Å². The number of benzene rings is 2. The van der Waals surface area contributed by atoms with E-state index in [4.69, 9.17) is 0 Å². The van der Waals surface area contributed by atoms with E-state index in [2.05, 4.69) is 41.4 Å². The van der Waals surface area contributed by atoms with Gasteiger partial charge >= 0.3 is 0 Å². The maximum Gasteiger partial charge on any atom is 0.0465 e. The minimum atomic E-state index is 0.782. The average Bonchev–Trinajstić information content (AvgIpc) is 3.06. The van der Waals surface area contributed by atoms with E-state index in [-0.39, 0.29) is 0 Å². The van der Waals surface area contributed by atoms with Crippen LogP contribution >= 0.6 is 0 Å². The minimum absolute atomic E-state index is 0.782. The van der Waals surface area contributed by atoms with Crippen LogP contribution in [0.15, 0.2) is 36.4 Å². The van der Waals surface area contributed by atoms with Gasteiger partial charge in [0.25, 0.3) is 0 Å². The first kappa shape index (κ1) is 15.5. The van der Waals surface area contributed by atoms with Crippen molar-refractivity contribution in [3.8, 4) is 0 Å². The van der Waals surface area contributed by atoms with Gasteiger partial charge in [0, 0.05) is 21.8 Å². The summed E-state index contributed by atoms with van der Waals surface area (Å²) in [5.41, 5.74) is 5.73. The smallest absolute Gasteiger partial charge is 0.0465 e. The second-order valence-corrected chi connectivity index (χ2v) is 8.40. The Morgan fingerprint density at radius 1 is 0.560 bits per heavy atom. The molecule has 5 rings (SSSR count). The van der Waals surface area contributed by atoms with Crippen LogP contribution in [0.25, 0.3) is 21.8 Å². The summed E-state index contributed by atoms with van der Waals surface area (Å²) < 4.78 is 0. The number of rotatable bonds is 2. The number of nitrogens with one attached hydrogen (secondary N) is 1. The fraction of sp³-hybridized carbons (Fsp3) is 0.500. The second kappa shape index (κ2) is 6.52. The SMILES string of the molecule is c1cc2[nH]c3ccc(C4CCCCC4)cc3c2cc1C1CCCCC1. The quantitative estimate of drug-likeness (QED) is 0.503. The lowest BCUT2D eigenvalue weighted by molar-refractivity contribution is 0.444. The fourth-order valence-corrected chi connectivity index (χ4v) is 5.31. The molecule has 0 spiro atoms. The number of H-pyrrole nitrogens is 1. The van der Waals surface area contributed by atoms with Crippen molar-refractivity contribution < 1.29 is 0 Å². The average molecular weight is 332 g/mol. The molecule has 130 valence electrons. The lowest BCUT2D eigenvalue weighted by Gasteiger charge is -2.22. The summed E-state index contributed by atoms with van der Waals surface area (Å²) in [6.45, 7) is 0. The van der Waals surface area contributed by atoms with Gasteiger partial charge in [0.1, 0.15) is 0 Å². The third-order valence-corrected chi connectivity index (χ3v) is 6.80. The first-order valence-electron chi connectivity index (χ1n) is 10.4. The Labute approximate surface area is 150 Å². The minimum Gasteiger partial charge on any atom is -0.355 e. The van der Waals surface area contributed by atoms with Crippen molar-refractivity contribution in [1.29, 1.82) is 0 Å². The van der Waals surface area contributed by atoms with Gasteiger partial charge in [-0.15, -0.1) is 0 Å². The summed E-state index contributed by atoms with van der Waals surface area (Å²) in [5.74, 6) is 1.56. The van der Waals surface area contributed by atoms with Gasteiger partial charge in [0.15, 0.2) is 0 Å². The summed E-state index contributed by atoms with van der Waals surface area (Å²) in [7, 11) is 0. The zero-order chi connectivity index (χ0) is 16.6. The van der Waals surface area contributed by atoms with Crippen LogP contribution in [0.1, 0.15) is 87.2 Å². The third-order valence-electron chi connectivity index (χ3n) is 6.80. The number of aromatic amines is 1. The highest BCUT2D eigenvalue weighted by Crippen LogP contribution is 2.38. The molecular weight excluding hydrogens is 302 g/mol. The summed E-state index contributed by atoms with van der Waals surface area (Å²) in [4.78, 5) is 3.64. The maximum absolute atomic E-state index is 3.64. The molecule has 1 heterocycles. The molecular formula is C24H29N. The van der Waals surface area contributed by atoms with Gasteiger partial charge in [-0.2, -0.15) is 0 Å². The third kappa shape index (κ3) is 2.88. The molecule has 3 aromatic rings. The molecule has 2 saturated carbocycles. The van der Waals surface area contributed by atoms with Crippen LogP contribution < -0.4 is 0 Å². The molecule has 2 aromatic carbocycles. The number of fused-ring (bicyclic) bond motifs is 3. The zero-order valence-corrected chi connectivity index (χ0v) is 15.2. The van der Waals surface area contributed by atoms with E-state index in [1.54, 1.807) is 11.1 Å². The summed E-state index contributed by atoms with van der Waals surface area (Å²) >= 11 is 0. The molecule has 0 amide bonds. The number of hydrogen-bond donors (Lipinski definition) is 1. The summed E-state index contributed by atoms with van der Waals surface area (Å²) in [6, 6.07) is 14.4. The summed E-state index contributed by atoms with van der Waals surface area (Å²) in [6.07, 6.45) is 14.0. The highest BCUT2D eigenvalue weighted by Gasteiger charge is 2.18. The van der Waals surface area contributed by atoms with Crippen molar-refractivity contribution in [2.45, 2.75) is 76.0 Å². The van der Waals surface area contributed by atoms with E-state index in [1.165, 1.54) is 86.0 Å². The molecule has 1 N–H and O–H groups in total. The van der Waals surface area contributed by atoms with Crippen LogP contribution in [-0.4, -0.2) is 4.98 Å². The molecule has 0 saturated heterocycles. The topological polar surface area (TPSA) is 15.8 Å². The van der Waals surface area contributed by atoms with Crippen molar-refractivity contribution in [1.82, 2.24) is 4.98 Å². The molecule has 2 aliphatic rings. The molecule has 1 heteroatoms. The van der Waals surface area contributed by atoms with E-state index in [9.17, 15) is 0 Å². The van der Waals surface area contributed by atoms with E-state index in [0.29, 0.717) is 0 Å². The lowest BCUT2D eigenvalue weighted by Crippen LogP contribution is -2.04. The van der Waals surface area contributed by atoms with Gasteiger partial charge < -0.3 is 4.98 Å². The maximum atomic E-state index is 3.64. The van der Waals surface area contributed by atoms with E-state index < -0.39 is 0 Å². The van der Waals surface area contributed by atoms with E-state index >= 15 is 0 Å². The number of hydrogen-bond acceptors (Lipinski definition) is 0. The molecule has 1 nitrogen and oxygen atoms in total. The van der Waals surface area contributed by atoms with Crippen LogP contribution in [0, 0.1) is 0 Å². The molecule has 0 aliphatic heterocycles. The first-order chi connectivity index (χ1) is 12.4. The Hall–Kier alpha value is -1.76. The molecule has 2 aliphatic carbocycles. The van der Waals surface area contributed by atoms with E-state index in [1.807, 2.05) is 0 Å². The zero-order valence-electron chi connectivity index (χ0n) is 15.2. The van der Waals surface area contributed by atoms with Gasteiger partial charge in [0.05, 0.1) is 0 Å². The van der Waals surface area contributed by atoms with Crippen LogP contribution in [0.2, 0.25) is 0 Å². The Kier molecular flexibility index (Phi) is 4.04. The van der Waals surface area contributed by atoms with Crippen LogP contribution in [0.5, 0.6) is 0 Å². The predicted molar refractivity (Wildman–Crippen MR) is 107 cm³/mol. The van der Waals surface area contributed by atoms with Crippen LogP contribution in [0.3, 0.4) is 0 Å². The van der Waals surface area contributed by atoms with Crippen LogP contribution in [-0.2, 0) is 0 Å². The molecule has 0 unspecified atom stereocenters. The van der Waals surface area contributed by atoms with Gasteiger partial charge in [-0.25, -0.2) is 0 Å². The number of aromatic nitrogens is 1. The largest absolute Gasteiger partial charge is 0.355 e. The highest BCUT2D eigenvalue weighted by molar-refractivity contribution is 6.07. The van der Waals surface area contributed by atoms with Gasteiger partial charge in [0.2, 0.25) is 0 Å². The fourth-order valence-electron chi connectivity index (χ4n) is 5.31. The molecule has 1 aromatic heterocycles. The monoisotopic (exact) mass is 331 g/mol. The molecule has 2 fully saturated rings. The Balaban J connectivity index is 1.57. The molecule has 25 heavy (non-hydrogen) atoms. The Bertz CT molecular complexity index is 803. The van der Waals surface area contributed by atoms with Crippen molar-refractivity contribution in [3.05, 3.63) is 47.5 Å². The van der Waals surface area contributed by atoms with Crippen LogP contribution in [0.4, 0.5) is 0 Å². The Morgan fingerprint density at radius 2 is 1.00 bits per heavy atom. The molecule has 0 bridgehead atoms. The highest BCUT2D eigenvalue weighted by atomic mass is 14.7. The van der Waals surface area contributed by atoms with Gasteiger partial charge in [-0.3, -0.25) is 0 Å². The predicted octanol–water partition coefficient (Wildman–Crippen LogP) is 7.42. The van der Waals surface area contributed by atoms with Crippen molar-refractivity contribution in [3.63, 3.8) is 0 Å². The molecule has 0 atom stereocenters. The normalized spacial score (nSPS) is 20.5. The first-order valence-corrected chi connectivity index (χ1v) is 10.4. The lowest BCUT2D eigenvalue weighted by atomic mass is 9.83. The summed E-state index contributed by atoms with van der Waals surface area (Å²) in [5, 5.41) is 2.88. The van der Waals surface area contributed by atoms with Crippen molar-refractivity contribution in [2.24, 2.45) is 0 Å². The Morgan fingerprint density at radius 3 is 1.44 bits per heavy atom.